The highest BCUT2D eigenvalue weighted by Gasteiger charge is 2.11. The summed E-state index contributed by atoms with van der Waals surface area (Å²) in [5.74, 6) is 0. The second-order valence-electron chi connectivity index (χ2n) is 1.67. The van der Waals surface area contributed by atoms with Gasteiger partial charge in [-0.05, 0) is 6.92 Å². The predicted molar refractivity (Wildman–Crippen MR) is 49.3 cm³/mol. The summed E-state index contributed by atoms with van der Waals surface area (Å²) < 4.78 is 0. The molecule has 1 aliphatic rings. The first-order valence-electron chi connectivity index (χ1n) is 4.30. The quantitative estimate of drug-likeness (QED) is 0.494. The van der Waals surface area contributed by atoms with E-state index in [4.69, 9.17) is 0 Å². The minimum atomic E-state index is 0.375. The Hall–Kier alpha value is -0.160. The molecular formula is C7H22N4. The van der Waals surface area contributed by atoms with Gasteiger partial charge in [0.05, 0.1) is 6.17 Å². The van der Waals surface area contributed by atoms with Gasteiger partial charge in [-0.15, -0.1) is 0 Å². The van der Waals surface area contributed by atoms with Crippen LogP contribution >= 0.6 is 0 Å². The van der Waals surface area contributed by atoms with Gasteiger partial charge in [0.25, 0.3) is 0 Å². The Morgan fingerprint density at radius 3 is 1.64 bits per heavy atom. The first-order chi connectivity index (χ1) is 5.30. The zero-order valence-corrected chi connectivity index (χ0v) is 8.52. The first kappa shape index (κ1) is 13.4. The molecule has 11 heavy (non-hydrogen) atoms. The van der Waals surface area contributed by atoms with Crippen molar-refractivity contribution in [3.63, 3.8) is 0 Å². The molecule has 0 aromatic rings. The molecule has 1 heterocycles. The van der Waals surface area contributed by atoms with E-state index in [9.17, 15) is 0 Å². The molecule has 4 nitrogen and oxygen atoms in total. The van der Waals surface area contributed by atoms with Crippen molar-refractivity contribution in [3.8, 4) is 0 Å². The molecule has 0 radical (unpaired) electrons. The standard InChI is InChI=1S/C3H10N4.2C2H6/c1-3-4-5-6-7(3)2;2*1-2/h3-6H,1-2H3;2*1-2H3. The van der Waals surface area contributed by atoms with Crippen LogP contribution in [0.4, 0.5) is 0 Å². The molecule has 1 unspecified atom stereocenters. The Balaban J connectivity index is 0. The highest BCUT2D eigenvalue weighted by molar-refractivity contribution is 4.54. The molecule has 1 aliphatic heterocycles. The van der Waals surface area contributed by atoms with Gasteiger partial charge in [-0.3, -0.25) is 0 Å². The lowest BCUT2D eigenvalue weighted by molar-refractivity contribution is 0.234. The van der Waals surface area contributed by atoms with Crippen LogP contribution in [-0.4, -0.2) is 18.2 Å². The van der Waals surface area contributed by atoms with E-state index in [0.29, 0.717) is 6.17 Å². The lowest BCUT2D eigenvalue weighted by Gasteiger charge is -2.09. The van der Waals surface area contributed by atoms with Gasteiger partial charge in [-0.25, -0.2) is 10.4 Å². The summed E-state index contributed by atoms with van der Waals surface area (Å²) in [5.41, 5.74) is 8.52. The van der Waals surface area contributed by atoms with E-state index in [1.165, 1.54) is 0 Å². The molecule has 0 aliphatic carbocycles. The zero-order valence-electron chi connectivity index (χ0n) is 8.52. The second-order valence-corrected chi connectivity index (χ2v) is 1.67. The van der Waals surface area contributed by atoms with Crippen molar-refractivity contribution in [2.24, 2.45) is 0 Å². The summed E-state index contributed by atoms with van der Waals surface area (Å²) in [4.78, 5) is 0. The maximum absolute atomic E-state index is 2.93. The molecule has 0 aromatic heterocycles. The van der Waals surface area contributed by atoms with Crippen molar-refractivity contribution in [2.75, 3.05) is 7.05 Å². The number of hydrazine groups is 3. The van der Waals surface area contributed by atoms with E-state index in [0.717, 1.165) is 0 Å². The van der Waals surface area contributed by atoms with E-state index in [2.05, 4.69) is 16.5 Å². The molecule has 4 heteroatoms. The maximum Gasteiger partial charge on any atom is 0.0856 e. The van der Waals surface area contributed by atoms with Gasteiger partial charge in [0, 0.05) is 7.05 Å². The molecule has 0 spiro atoms. The number of rotatable bonds is 0. The van der Waals surface area contributed by atoms with Crippen LogP contribution in [0.2, 0.25) is 0 Å². The van der Waals surface area contributed by atoms with Crippen LogP contribution < -0.4 is 16.5 Å². The molecule has 1 atom stereocenters. The zero-order chi connectivity index (χ0) is 9.28. The van der Waals surface area contributed by atoms with Crippen LogP contribution in [0.5, 0.6) is 0 Å². The van der Waals surface area contributed by atoms with E-state index in [-0.39, 0.29) is 0 Å². The summed E-state index contributed by atoms with van der Waals surface area (Å²) >= 11 is 0. The van der Waals surface area contributed by atoms with Crippen LogP contribution in [0.3, 0.4) is 0 Å². The third-order valence-electron chi connectivity index (χ3n) is 1.09. The van der Waals surface area contributed by atoms with E-state index < -0.39 is 0 Å². The third kappa shape index (κ3) is 6.25. The average Bonchev–Trinajstić information content (AvgIpc) is 2.44. The van der Waals surface area contributed by atoms with Gasteiger partial charge in [0.1, 0.15) is 0 Å². The molecule has 70 valence electrons. The van der Waals surface area contributed by atoms with Crippen molar-refractivity contribution in [1.82, 2.24) is 21.5 Å². The minimum absolute atomic E-state index is 0.375. The Kier molecular flexibility index (Phi) is 12.0. The Labute approximate surface area is 70.3 Å². The largest absolute Gasteiger partial charge is 0.225 e. The molecule has 1 fully saturated rings. The van der Waals surface area contributed by atoms with Crippen LogP contribution in [0, 0.1) is 0 Å². The fourth-order valence-electron chi connectivity index (χ4n) is 0.419. The Bertz CT molecular complexity index is 59.5. The highest BCUT2D eigenvalue weighted by Crippen LogP contribution is 1.85. The van der Waals surface area contributed by atoms with Crippen LogP contribution in [-0.2, 0) is 0 Å². The minimum Gasteiger partial charge on any atom is -0.225 e. The maximum atomic E-state index is 2.93. The molecule has 0 bridgehead atoms. The van der Waals surface area contributed by atoms with Crippen LogP contribution in [0.1, 0.15) is 34.6 Å². The molecule has 0 amide bonds. The van der Waals surface area contributed by atoms with Gasteiger partial charge >= 0.3 is 0 Å². The van der Waals surface area contributed by atoms with Crippen molar-refractivity contribution in [3.05, 3.63) is 0 Å². The number of hydrogen-bond donors (Lipinski definition) is 3. The molecular weight excluding hydrogens is 140 g/mol. The molecule has 1 saturated heterocycles. The van der Waals surface area contributed by atoms with Crippen molar-refractivity contribution in [2.45, 2.75) is 40.8 Å². The Morgan fingerprint density at radius 1 is 1.09 bits per heavy atom. The smallest absolute Gasteiger partial charge is 0.0856 e. The lowest BCUT2D eigenvalue weighted by Crippen LogP contribution is -2.34. The summed E-state index contributed by atoms with van der Waals surface area (Å²) in [7, 11) is 1.96. The van der Waals surface area contributed by atoms with Gasteiger partial charge in [0.2, 0.25) is 0 Å². The number of hydrogen-bond acceptors (Lipinski definition) is 4. The van der Waals surface area contributed by atoms with Gasteiger partial charge in [0.15, 0.2) is 0 Å². The molecule has 1 rings (SSSR count). The fraction of sp³-hybridized carbons (Fsp3) is 1.00. The molecule has 3 N–H and O–H groups in total. The second kappa shape index (κ2) is 9.84. The van der Waals surface area contributed by atoms with Crippen molar-refractivity contribution >= 4 is 0 Å². The summed E-state index contributed by atoms with van der Waals surface area (Å²) in [6.45, 7) is 10.0. The summed E-state index contributed by atoms with van der Waals surface area (Å²) in [6.07, 6.45) is 0.375. The summed E-state index contributed by atoms with van der Waals surface area (Å²) in [5, 5.41) is 1.93. The monoisotopic (exact) mass is 162 g/mol. The number of nitrogens with one attached hydrogen (secondary N) is 3. The van der Waals surface area contributed by atoms with Crippen molar-refractivity contribution < 1.29 is 0 Å². The first-order valence-corrected chi connectivity index (χ1v) is 4.30. The van der Waals surface area contributed by atoms with Crippen LogP contribution in [0.25, 0.3) is 0 Å². The average molecular weight is 162 g/mol. The highest BCUT2D eigenvalue weighted by atomic mass is 15.9. The summed E-state index contributed by atoms with van der Waals surface area (Å²) in [6, 6.07) is 0. The topological polar surface area (TPSA) is 39.3 Å². The van der Waals surface area contributed by atoms with E-state index in [1.54, 1.807) is 0 Å². The SMILES string of the molecule is CC.CC.CC1NNNN1C. The van der Waals surface area contributed by atoms with Gasteiger partial charge in [-0.2, -0.15) is 11.1 Å². The lowest BCUT2D eigenvalue weighted by atomic mass is 10.6. The molecule has 0 saturated carbocycles. The van der Waals surface area contributed by atoms with Crippen molar-refractivity contribution in [1.29, 1.82) is 0 Å². The van der Waals surface area contributed by atoms with Gasteiger partial charge < -0.3 is 0 Å². The van der Waals surface area contributed by atoms with E-state index >= 15 is 0 Å². The fourth-order valence-corrected chi connectivity index (χ4v) is 0.419. The van der Waals surface area contributed by atoms with E-state index in [1.807, 2.05) is 46.7 Å². The molecule has 0 aromatic carbocycles. The number of nitrogens with zero attached hydrogens (tertiary/aromatic N) is 1. The predicted octanol–water partition coefficient (Wildman–Crippen LogP) is 0.844. The Morgan fingerprint density at radius 2 is 1.55 bits per heavy atom. The third-order valence-corrected chi connectivity index (χ3v) is 1.09. The van der Waals surface area contributed by atoms with Crippen LogP contribution in [0.15, 0.2) is 0 Å². The van der Waals surface area contributed by atoms with Gasteiger partial charge in [-0.1, -0.05) is 27.7 Å². The normalized spacial score (nSPS) is 22.9.